The molecular weight excluding hydrogens is 579 g/mol. The summed E-state index contributed by atoms with van der Waals surface area (Å²) in [7, 11) is 0. The van der Waals surface area contributed by atoms with Crippen molar-refractivity contribution >= 4 is 40.3 Å². The van der Waals surface area contributed by atoms with E-state index >= 15 is 0 Å². The maximum atomic E-state index is 11.3. The molecule has 0 radical (unpaired) electrons. The second kappa shape index (κ2) is 27.7. The van der Waals surface area contributed by atoms with Crippen LogP contribution in [0.25, 0.3) is 0 Å². The lowest BCUT2D eigenvalue weighted by Gasteiger charge is -2.08. The van der Waals surface area contributed by atoms with Gasteiger partial charge in [-0.25, -0.2) is 4.79 Å². The SMILES string of the molecule is O=C(CCC(=O)C(=O)O)OCCOCCOCCOCCOCCOCCOCCCCCCI. The summed E-state index contributed by atoms with van der Waals surface area (Å²) in [6.07, 6.45) is 4.27. The zero-order chi connectivity index (χ0) is 25.8. The molecule has 11 nitrogen and oxygen atoms in total. The van der Waals surface area contributed by atoms with Crippen LogP contribution in [0.5, 0.6) is 0 Å². The number of halogens is 1. The summed E-state index contributed by atoms with van der Waals surface area (Å²) < 4.78 is 38.4. The van der Waals surface area contributed by atoms with Gasteiger partial charge in [0.25, 0.3) is 0 Å². The third-order valence-electron chi connectivity index (χ3n) is 4.32. The van der Waals surface area contributed by atoms with Crippen LogP contribution in [0.15, 0.2) is 0 Å². The van der Waals surface area contributed by atoms with Crippen molar-refractivity contribution in [3.8, 4) is 0 Å². The highest BCUT2D eigenvalue weighted by molar-refractivity contribution is 14.1. The number of carboxylic acids is 1. The maximum Gasteiger partial charge on any atom is 0.372 e. The lowest BCUT2D eigenvalue weighted by atomic mass is 10.2. The van der Waals surface area contributed by atoms with Crippen LogP contribution in [0.3, 0.4) is 0 Å². The Morgan fingerprint density at radius 2 is 0.914 bits per heavy atom. The number of Topliss-reactive ketones (excluding diaryl/α,β-unsaturated/α-hetero) is 1. The molecule has 0 aliphatic carbocycles. The topological polar surface area (TPSA) is 136 Å². The molecule has 35 heavy (non-hydrogen) atoms. The van der Waals surface area contributed by atoms with Crippen molar-refractivity contribution in [3.63, 3.8) is 0 Å². The molecule has 0 saturated heterocycles. The number of hydrogen-bond acceptors (Lipinski definition) is 10. The van der Waals surface area contributed by atoms with E-state index in [2.05, 4.69) is 22.6 Å². The molecule has 0 fully saturated rings. The van der Waals surface area contributed by atoms with Gasteiger partial charge in [-0.3, -0.25) is 9.59 Å². The lowest BCUT2D eigenvalue weighted by molar-refractivity contribution is -0.151. The summed E-state index contributed by atoms with van der Waals surface area (Å²) in [5.41, 5.74) is 0. The number of ketones is 1. The molecule has 1 N–H and O–H groups in total. The predicted molar refractivity (Wildman–Crippen MR) is 135 cm³/mol. The standard InChI is InChI=1S/C23H41IO11/c24-7-3-1-2-4-8-29-9-10-30-11-12-31-13-14-32-15-16-33-17-18-34-19-20-35-22(26)6-5-21(25)23(27)28/h1-20H2,(H,27,28). The number of carbonyl (C=O) groups is 3. The largest absolute Gasteiger partial charge is 0.476 e. The fourth-order valence-corrected chi connectivity index (χ4v) is 3.00. The van der Waals surface area contributed by atoms with Gasteiger partial charge in [-0.15, -0.1) is 0 Å². The van der Waals surface area contributed by atoms with Crippen molar-refractivity contribution in [2.45, 2.75) is 38.5 Å². The van der Waals surface area contributed by atoms with Crippen LogP contribution in [-0.2, 0) is 47.5 Å². The van der Waals surface area contributed by atoms with Gasteiger partial charge in [0.2, 0.25) is 5.78 Å². The van der Waals surface area contributed by atoms with Gasteiger partial charge >= 0.3 is 11.9 Å². The molecule has 0 amide bonds. The van der Waals surface area contributed by atoms with Crippen molar-refractivity contribution in [2.24, 2.45) is 0 Å². The zero-order valence-electron chi connectivity index (χ0n) is 20.5. The van der Waals surface area contributed by atoms with Gasteiger partial charge in [0.05, 0.1) is 79.1 Å². The minimum atomic E-state index is -1.55. The summed E-state index contributed by atoms with van der Waals surface area (Å²) in [4.78, 5) is 32.5. The molecule has 0 aliphatic heterocycles. The van der Waals surface area contributed by atoms with Crippen LogP contribution in [0.1, 0.15) is 38.5 Å². The smallest absolute Gasteiger partial charge is 0.372 e. The quantitative estimate of drug-likeness (QED) is 0.0453. The highest BCUT2D eigenvalue weighted by Crippen LogP contribution is 2.02. The van der Waals surface area contributed by atoms with E-state index in [1.54, 1.807) is 0 Å². The van der Waals surface area contributed by atoms with Crippen LogP contribution in [-0.4, -0.2) is 113 Å². The molecular formula is C23H41IO11. The molecule has 0 spiro atoms. The number of unbranched alkanes of at least 4 members (excludes halogenated alkanes) is 3. The molecule has 0 saturated carbocycles. The number of ether oxygens (including phenoxy) is 7. The van der Waals surface area contributed by atoms with Crippen molar-refractivity contribution < 1.29 is 52.6 Å². The van der Waals surface area contributed by atoms with E-state index < -0.39 is 17.7 Å². The van der Waals surface area contributed by atoms with Gasteiger partial charge in [-0.2, -0.15) is 0 Å². The Morgan fingerprint density at radius 3 is 1.34 bits per heavy atom. The second-order valence-corrected chi connectivity index (χ2v) is 8.30. The first-order valence-electron chi connectivity index (χ1n) is 12.0. The van der Waals surface area contributed by atoms with E-state index in [0.29, 0.717) is 66.1 Å². The normalized spacial score (nSPS) is 11.0. The monoisotopic (exact) mass is 620 g/mol. The molecule has 0 aromatic heterocycles. The average molecular weight is 620 g/mol. The summed E-state index contributed by atoms with van der Waals surface area (Å²) in [6.45, 7) is 5.82. The van der Waals surface area contributed by atoms with Crippen LogP contribution < -0.4 is 0 Å². The third-order valence-corrected chi connectivity index (χ3v) is 5.08. The van der Waals surface area contributed by atoms with Crippen LogP contribution >= 0.6 is 22.6 Å². The predicted octanol–water partition coefficient (Wildman–Crippen LogP) is 2.06. The number of hydrogen-bond donors (Lipinski definition) is 1. The fraction of sp³-hybridized carbons (Fsp3) is 0.870. The number of rotatable bonds is 28. The van der Waals surface area contributed by atoms with Crippen LogP contribution in [0.2, 0.25) is 0 Å². The average Bonchev–Trinajstić information content (AvgIpc) is 2.85. The minimum Gasteiger partial charge on any atom is -0.476 e. The number of alkyl halides is 1. The van der Waals surface area contributed by atoms with E-state index in [1.807, 2.05) is 0 Å². The summed E-state index contributed by atoms with van der Waals surface area (Å²) in [6, 6.07) is 0. The van der Waals surface area contributed by atoms with Gasteiger partial charge in [-0.05, 0) is 17.3 Å². The van der Waals surface area contributed by atoms with Crippen molar-refractivity contribution in [3.05, 3.63) is 0 Å². The van der Waals surface area contributed by atoms with Gasteiger partial charge in [0, 0.05) is 13.0 Å². The third kappa shape index (κ3) is 27.5. The summed E-state index contributed by atoms with van der Waals surface area (Å²) >= 11 is 2.40. The van der Waals surface area contributed by atoms with Crippen LogP contribution in [0.4, 0.5) is 0 Å². The summed E-state index contributed by atoms with van der Waals surface area (Å²) in [5, 5.41) is 8.41. The highest BCUT2D eigenvalue weighted by Gasteiger charge is 2.14. The van der Waals surface area contributed by atoms with E-state index in [9.17, 15) is 14.4 Å². The molecule has 12 heteroatoms. The first-order valence-corrected chi connectivity index (χ1v) is 13.5. The molecule has 0 aromatic carbocycles. The lowest BCUT2D eigenvalue weighted by Crippen LogP contribution is -2.17. The van der Waals surface area contributed by atoms with Crippen LogP contribution in [0, 0.1) is 0 Å². The Balaban J connectivity index is 3.14. The van der Waals surface area contributed by atoms with E-state index in [0.717, 1.165) is 13.0 Å². The number of esters is 1. The number of carbonyl (C=O) groups excluding carboxylic acids is 2. The van der Waals surface area contributed by atoms with Crippen molar-refractivity contribution in [2.75, 3.05) is 90.3 Å². The minimum absolute atomic E-state index is 0.0288. The second-order valence-electron chi connectivity index (χ2n) is 7.23. The van der Waals surface area contributed by atoms with E-state index in [4.69, 9.17) is 38.3 Å². The molecule has 0 atom stereocenters. The van der Waals surface area contributed by atoms with Gasteiger partial charge in [0.1, 0.15) is 6.61 Å². The van der Waals surface area contributed by atoms with E-state index in [-0.39, 0.29) is 26.1 Å². The van der Waals surface area contributed by atoms with E-state index in [1.165, 1.54) is 23.7 Å². The Morgan fingerprint density at radius 1 is 0.514 bits per heavy atom. The molecule has 0 aliphatic rings. The first-order chi connectivity index (χ1) is 17.1. The Kier molecular flexibility index (Phi) is 27.0. The molecule has 0 bridgehead atoms. The van der Waals surface area contributed by atoms with Crippen molar-refractivity contribution in [1.82, 2.24) is 0 Å². The molecule has 0 aromatic rings. The molecule has 206 valence electrons. The fourth-order valence-electron chi connectivity index (χ4n) is 2.46. The van der Waals surface area contributed by atoms with Crippen molar-refractivity contribution in [1.29, 1.82) is 0 Å². The van der Waals surface area contributed by atoms with Gasteiger partial charge in [0.15, 0.2) is 0 Å². The number of carboxylic acid groups (broad SMARTS) is 1. The Labute approximate surface area is 221 Å². The highest BCUT2D eigenvalue weighted by atomic mass is 127. The first kappa shape index (κ1) is 34.1. The van der Waals surface area contributed by atoms with Gasteiger partial charge < -0.3 is 38.3 Å². The van der Waals surface area contributed by atoms with Gasteiger partial charge in [-0.1, -0.05) is 35.4 Å². The zero-order valence-corrected chi connectivity index (χ0v) is 22.7. The number of aliphatic carboxylic acids is 1. The Bertz CT molecular complexity index is 520. The summed E-state index contributed by atoms with van der Waals surface area (Å²) in [5.74, 6) is -3.21. The molecule has 0 unspecified atom stereocenters. The molecule has 0 rings (SSSR count). The molecule has 0 heterocycles. The Hall–Kier alpha value is -0.900. The maximum absolute atomic E-state index is 11.3.